The number of aromatic amines is 1. The zero-order valence-corrected chi connectivity index (χ0v) is 10.7. The molecule has 1 amide bonds. The summed E-state index contributed by atoms with van der Waals surface area (Å²) >= 11 is 0. The third-order valence-corrected chi connectivity index (χ3v) is 3.29. The second-order valence-corrected chi connectivity index (χ2v) is 4.45. The zero-order chi connectivity index (χ0) is 13.8. The van der Waals surface area contributed by atoms with Crippen LogP contribution in [-0.4, -0.2) is 41.5 Å². The van der Waals surface area contributed by atoms with Crippen molar-refractivity contribution in [2.75, 3.05) is 13.7 Å². The highest BCUT2D eigenvalue weighted by atomic mass is 16.5. The number of carbonyl (C=O) groups is 2. The highest BCUT2D eigenvalue weighted by Crippen LogP contribution is 2.19. The summed E-state index contributed by atoms with van der Waals surface area (Å²) in [5.74, 6) is -0.850. The molecular formula is C13H16N2O4. The molecule has 0 saturated carbocycles. The molecule has 0 bridgehead atoms. The Morgan fingerprint density at radius 3 is 2.89 bits per heavy atom. The van der Waals surface area contributed by atoms with Gasteiger partial charge in [-0.1, -0.05) is 0 Å². The van der Waals surface area contributed by atoms with E-state index in [1.165, 1.54) is 24.3 Å². The molecule has 1 aromatic heterocycles. The molecule has 0 aliphatic carbocycles. The lowest BCUT2D eigenvalue weighted by molar-refractivity contribution is -0.147. The summed E-state index contributed by atoms with van der Waals surface area (Å²) in [5.41, 5.74) is -0.389. The lowest BCUT2D eigenvalue weighted by atomic mass is 10.0. The van der Waals surface area contributed by atoms with Gasteiger partial charge in [-0.15, -0.1) is 0 Å². The first-order chi connectivity index (χ1) is 9.15. The van der Waals surface area contributed by atoms with E-state index >= 15 is 0 Å². The van der Waals surface area contributed by atoms with Gasteiger partial charge in [0.1, 0.15) is 11.6 Å². The summed E-state index contributed by atoms with van der Waals surface area (Å²) in [6.45, 7) is 0.465. The van der Waals surface area contributed by atoms with Crippen LogP contribution >= 0.6 is 0 Å². The molecule has 1 aliphatic rings. The van der Waals surface area contributed by atoms with Crippen molar-refractivity contribution in [2.45, 2.75) is 25.3 Å². The van der Waals surface area contributed by atoms with Gasteiger partial charge in [-0.2, -0.15) is 0 Å². The van der Waals surface area contributed by atoms with E-state index in [9.17, 15) is 14.4 Å². The molecule has 0 radical (unpaired) electrons. The maximum absolute atomic E-state index is 12.3. The Morgan fingerprint density at radius 2 is 2.21 bits per heavy atom. The number of esters is 1. The first-order valence-corrected chi connectivity index (χ1v) is 6.21. The molecule has 1 saturated heterocycles. The Labute approximate surface area is 110 Å². The average molecular weight is 264 g/mol. The van der Waals surface area contributed by atoms with Crippen molar-refractivity contribution in [3.8, 4) is 0 Å². The van der Waals surface area contributed by atoms with Gasteiger partial charge in [0, 0.05) is 12.7 Å². The number of pyridine rings is 1. The number of nitrogens with one attached hydrogen (secondary N) is 1. The first-order valence-electron chi connectivity index (χ1n) is 6.21. The molecular weight excluding hydrogens is 248 g/mol. The predicted octanol–water partition coefficient (Wildman–Crippen LogP) is 0.543. The molecule has 2 rings (SSSR count). The molecule has 1 atom stereocenters. The quantitative estimate of drug-likeness (QED) is 0.791. The Hall–Kier alpha value is -2.11. The van der Waals surface area contributed by atoms with Crippen molar-refractivity contribution < 1.29 is 14.3 Å². The van der Waals surface area contributed by atoms with Crippen molar-refractivity contribution in [2.24, 2.45) is 0 Å². The molecule has 1 unspecified atom stereocenters. The van der Waals surface area contributed by atoms with Crippen molar-refractivity contribution in [1.82, 2.24) is 9.88 Å². The minimum Gasteiger partial charge on any atom is -0.467 e. The topological polar surface area (TPSA) is 79.5 Å². The maximum atomic E-state index is 12.3. The highest BCUT2D eigenvalue weighted by molar-refractivity contribution is 5.96. The van der Waals surface area contributed by atoms with Crippen LogP contribution in [0, 0.1) is 0 Å². The summed E-state index contributed by atoms with van der Waals surface area (Å²) in [7, 11) is 1.30. The molecule has 6 heteroatoms. The van der Waals surface area contributed by atoms with Crippen LogP contribution in [0.5, 0.6) is 0 Å². The summed E-state index contributed by atoms with van der Waals surface area (Å²) < 4.78 is 4.72. The van der Waals surface area contributed by atoms with Crippen LogP contribution in [0.1, 0.15) is 29.6 Å². The van der Waals surface area contributed by atoms with Gasteiger partial charge >= 0.3 is 5.97 Å². The van der Waals surface area contributed by atoms with Gasteiger partial charge in [0.05, 0.1) is 7.11 Å². The van der Waals surface area contributed by atoms with Crippen LogP contribution in [0.4, 0.5) is 0 Å². The number of rotatable bonds is 2. The van der Waals surface area contributed by atoms with E-state index in [-0.39, 0.29) is 5.56 Å². The third kappa shape index (κ3) is 2.67. The number of methoxy groups -OCH3 is 1. The number of piperidine rings is 1. The Bertz CT molecular complexity index is 537. The summed E-state index contributed by atoms with van der Waals surface area (Å²) in [6, 6.07) is 2.46. The smallest absolute Gasteiger partial charge is 0.328 e. The number of nitrogens with zero attached hydrogens (tertiary/aromatic N) is 1. The van der Waals surface area contributed by atoms with Gasteiger partial charge < -0.3 is 14.6 Å². The van der Waals surface area contributed by atoms with E-state index in [0.29, 0.717) is 13.0 Å². The van der Waals surface area contributed by atoms with Crippen molar-refractivity contribution in [1.29, 1.82) is 0 Å². The zero-order valence-electron chi connectivity index (χ0n) is 10.7. The van der Waals surface area contributed by atoms with Crippen LogP contribution in [0.15, 0.2) is 23.1 Å². The Kier molecular flexibility index (Phi) is 3.99. The molecule has 0 spiro atoms. The maximum Gasteiger partial charge on any atom is 0.328 e. The van der Waals surface area contributed by atoms with Gasteiger partial charge in [0.2, 0.25) is 0 Å². The second-order valence-electron chi connectivity index (χ2n) is 4.45. The van der Waals surface area contributed by atoms with E-state index in [0.717, 1.165) is 12.8 Å². The molecule has 1 N–H and O–H groups in total. The minimum atomic E-state index is -0.592. The fraction of sp³-hybridized carbons (Fsp3) is 0.462. The van der Waals surface area contributed by atoms with E-state index in [1.54, 1.807) is 6.07 Å². The average Bonchev–Trinajstić information content (AvgIpc) is 2.46. The van der Waals surface area contributed by atoms with Gasteiger partial charge in [-0.25, -0.2) is 4.79 Å². The molecule has 1 aliphatic heterocycles. The molecule has 2 heterocycles. The Balaban J connectivity index is 2.28. The first kappa shape index (κ1) is 13.3. The van der Waals surface area contributed by atoms with Crippen LogP contribution in [0.25, 0.3) is 0 Å². The number of aromatic nitrogens is 1. The third-order valence-electron chi connectivity index (χ3n) is 3.29. The number of H-pyrrole nitrogens is 1. The fourth-order valence-corrected chi connectivity index (χ4v) is 2.30. The van der Waals surface area contributed by atoms with Gasteiger partial charge in [0.15, 0.2) is 0 Å². The molecule has 19 heavy (non-hydrogen) atoms. The van der Waals surface area contributed by atoms with Gasteiger partial charge in [-0.05, 0) is 31.4 Å². The number of hydrogen-bond donors (Lipinski definition) is 1. The fourth-order valence-electron chi connectivity index (χ4n) is 2.30. The number of hydrogen-bond acceptors (Lipinski definition) is 4. The number of amides is 1. The highest BCUT2D eigenvalue weighted by Gasteiger charge is 2.34. The SMILES string of the molecule is COC(=O)C1CCCCN1C(=O)c1ccc[nH]c1=O. The van der Waals surface area contributed by atoms with Crippen LogP contribution in [-0.2, 0) is 9.53 Å². The standard InChI is InChI=1S/C13H16N2O4/c1-19-13(18)10-6-2-3-8-15(10)12(17)9-5-4-7-14-11(9)16/h4-5,7,10H,2-3,6,8H2,1H3,(H,14,16). The molecule has 102 valence electrons. The summed E-state index contributed by atoms with van der Waals surface area (Å²) in [5, 5.41) is 0. The van der Waals surface area contributed by atoms with E-state index in [4.69, 9.17) is 4.74 Å². The van der Waals surface area contributed by atoms with Crippen LogP contribution < -0.4 is 5.56 Å². The number of likely N-dealkylation sites (tertiary alicyclic amines) is 1. The van der Waals surface area contributed by atoms with E-state index < -0.39 is 23.5 Å². The largest absolute Gasteiger partial charge is 0.467 e. The van der Waals surface area contributed by atoms with Gasteiger partial charge in [0.25, 0.3) is 11.5 Å². The Morgan fingerprint density at radius 1 is 1.42 bits per heavy atom. The second kappa shape index (κ2) is 5.69. The monoisotopic (exact) mass is 264 g/mol. The normalized spacial score (nSPS) is 19.0. The minimum absolute atomic E-state index is 0.0540. The lowest BCUT2D eigenvalue weighted by Crippen LogP contribution is -2.49. The lowest BCUT2D eigenvalue weighted by Gasteiger charge is -2.33. The predicted molar refractivity (Wildman–Crippen MR) is 67.8 cm³/mol. The summed E-state index contributed by atoms with van der Waals surface area (Å²) in [4.78, 5) is 39.6. The van der Waals surface area contributed by atoms with Crippen LogP contribution in [0.2, 0.25) is 0 Å². The molecule has 1 aromatic rings. The molecule has 6 nitrogen and oxygen atoms in total. The summed E-state index contributed by atoms with van der Waals surface area (Å²) in [6.07, 6.45) is 3.73. The van der Waals surface area contributed by atoms with Crippen molar-refractivity contribution in [3.63, 3.8) is 0 Å². The van der Waals surface area contributed by atoms with E-state index in [1.807, 2.05) is 0 Å². The number of ether oxygens (including phenoxy) is 1. The van der Waals surface area contributed by atoms with Crippen molar-refractivity contribution >= 4 is 11.9 Å². The van der Waals surface area contributed by atoms with Crippen molar-refractivity contribution in [3.05, 3.63) is 34.2 Å². The molecule has 0 aromatic carbocycles. The van der Waals surface area contributed by atoms with Gasteiger partial charge in [-0.3, -0.25) is 9.59 Å². The molecule has 1 fully saturated rings. The van der Waals surface area contributed by atoms with Crippen LogP contribution in [0.3, 0.4) is 0 Å². The van der Waals surface area contributed by atoms with E-state index in [2.05, 4.69) is 4.98 Å². The number of carbonyl (C=O) groups excluding carboxylic acids is 2.